The van der Waals surface area contributed by atoms with Crippen LogP contribution < -0.4 is 4.72 Å². The monoisotopic (exact) mass is 432 g/mol. The number of nitrogens with zero attached hydrogens (tertiary/aromatic N) is 1. The first-order valence-electron chi connectivity index (χ1n) is 10.7. The molecule has 0 saturated carbocycles. The van der Waals surface area contributed by atoms with Crippen molar-refractivity contribution in [1.82, 2.24) is 9.71 Å². The molecule has 1 aromatic carbocycles. The van der Waals surface area contributed by atoms with Crippen molar-refractivity contribution in [1.29, 1.82) is 0 Å². The second-order valence-electron chi connectivity index (χ2n) is 7.50. The van der Waals surface area contributed by atoms with E-state index in [4.69, 9.17) is 5.11 Å². The van der Waals surface area contributed by atoms with Crippen LogP contribution in [0.4, 0.5) is 0 Å². The van der Waals surface area contributed by atoms with Gasteiger partial charge in [0.25, 0.3) is 0 Å². The molecule has 0 atom stereocenters. The Morgan fingerprint density at radius 1 is 1.00 bits per heavy atom. The molecule has 0 unspecified atom stereocenters. The highest BCUT2D eigenvalue weighted by Crippen LogP contribution is 2.18. The van der Waals surface area contributed by atoms with Gasteiger partial charge in [0.1, 0.15) is 4.90 Å². The molecule has 1 aromatic heterocycles. The van der Waals surface area contributed by atoms with E-state index < -0.39 is 16.0 Å². The molecule has 0 aliphatic heterocycles. The molecule has 2 aromatic rings. The zero-order chi connectivity index (χ0) is 21.8. The third-order valence-corrected chi connectivity index (χ3v) is 6.50. The highest BCUT2D eigenvalue weighted by molar-refractivity contribution is 7.89. The third kappa shape index (κ3) is 8.24. The van der Waals surface area contributed by atoms with Gasteiger partial charge in [-0.1, -0.05) is 50.5 Å². The van der Waals surface area contributed by atoms with Crippen LogP contribution >= 0.6 is 0 Å². The van der Waals surface area contributed by atoms with Gasteiger partial charge in [-0.05, 0) is 48.9 Å². The van der Waals surface area contributed by atoms with Gasteiger partial charge in [0.2, 0.25) is 10.0 Å². The molecule has 0 amide bonds. The van der Waals surface area contributed by atoms with Crippen LogP contribution in [0.5, 0.6) is 0 Å². The van der Waals surface area contributed by atoms with E-state index >= 15 is 0 Å². The maximum atomic E-state index is 12.8. The maximum Gasteiger partial charge on any atom is 0.303 e. The normalized spacial score (nSPS) is 11.5. The van der Waals surface area contributed by atoms with Crippen LogP contribution in [-0.4, -0.2) is 31.0 Å². The lowest BCUT2D eigenvalue weighted by Crippen LogP contribution is -2.26. The average Bonchev–Trinajstić information content (AvgIpc) is 2.72. The van der Waals surface area contributed by atoms with Gasteiger partial charge < -0.3 is 5.11 Å². The molecular formula is C23H32N2O4S. The smallest absolute Gasteiger partial charge is 0.303 e. The first-order chi connectivity index (χ1) is 14.4. The van der Waals surface area contributed by atoms with Gasteiger partial charge in [-0.2, -0.15) is 0 Å². The highest BCUT2D eigenvalue weighted by Gasteiger charge is 2.19. The Bertz CT molecular complexity index is 896. The first-order valence-corrected chi connectivity index (χ1v) is 12.1. The fraction of sp³-hybridized carbons (Fsp3) is 0.478. The second kappa shape index (κ2) is 12.4. The summed E-state index contributed by atoms with van der Waals surface area (Å²) >= 11 is 0. The molecule has 0 saturated heterocycles. The van der Waals surface area contributed by atoms with E-state index in [1.165, 1.54) is 5.56 Å². The molecule has 30 heavy (non-hydrogen) atoms. The Morgan fingerprint density at radius 2 is 1.70 bits per heavy atom. The minimum absolute atomic E-state index is 0.157. The summed E-state index contributed by atoms with van der Waals surface area (Å²) in [5, 5.41) is 8.63. The van der Waals surface area contributed by atoms with Gasteiger partial charge in [0, 0.05) is 25.6 Å². The van der Waals surface area contributed by atoms with Crippen molar-refractivity contribution in [3.05, 3.63) is 59.4 Å². The van der Waals surface area contributed by atoms with E-state index in [0.29, 0.717) is 31.5 Å². The third-order valence-electron chi connectivity index (χ3n) is 4.96. The van der Waals surface area contributed by atoms with E-state index in [1.807, 2.05) is 12.1 Å². The van der Waals surface area contributed by atoms with E-state index in [9.17, 15) is 13.2 Å². The van der Waals surface area contributed by atoms with Crippen molar-refractivity contribution >= 4 is 16.0 Å². The number of rotatable bonds is 14. The SMILES string of the molecule is CCCCc1ccc(Cc2ncccc2S(=O)(=O)NCCCCCCC(=O)O)cc1. The van der Waals surface area contributed by atoms with Gasteiger partial charge in [0.05, 0.1) is 5.69 Å². The molecule has 2 N–H and O–H groups in total. The van der Waals surface area contributed by atoms with E-state index in [-0.39, 0.29) is 11.3 Å². The number of hydrogen-bond donors (Lipinski definition) is 2. The number of nitrogens with one attached hydrogen (secondary N) is 1. The number of aliphatic carboxylic acids is 1. The van der Waals surface area contributed by atoms with E-state index in [2.05, 4.69) is 28.8 Å². The standard InChI is InChI=1S/C23H32N2O4S/c1-2-3-9-19-12-14-20(15-13-19)18-21-22(10-8-16-24-21)30(28,29)25-17-7-5-4-6-11-23(26)27/h8,10,12-16,25H,2-7,9,11,17-18H2,1H3,(H,26,27). The highest BCUT2D eigenvalue weighted by atomic mass is 32.2. The molecule has 0 fully saturated rings. The van der Waals surface area contributed by atoms with Crippen molar-refractivity contribution in [2.24, 2.45) is 0 Å². The molecule has 164 valence electrons. The number of benzene rings is 1. The van der Waals surface area contributed by atoms with Crippen LogP contribution in [0, 0.1) is 0 Å². The molecule has 0 radical (unpaired) electrons. The molecule has 0 spiro atoms. The van der Waals surface area contributed by atoms with E-state index in [1.54, 1.807) is 18.3 Å². The molecule has 7 heteroatoms. The zero-order valence-corrected chi connectivity index (χ0v) is 18.5. The Balaban J connectivity index is 1.93. The number of carboxylic acid groups (broad SMARTS) is 1. The molecule has 2 rings (SSSR count). The Hall–Kier alpha value is -2.25. The predicted octanol–water partition coefficient (Wildman–Crippen LogP) is 4.33. The maximum absolute atomic E-state index is 12.8. The zero-order valence-electron chi connectivity index (χ0n) is 17.6. The fourth-order valence-electron chi connectivity index (χ4n) is 3.24. The summed E-state index contributed by atoms with van der Waals surface area (Å²) in [6, 6.07) is 11.5. The Kier molecular flexibility index (Phi) is 9.97. The summed E-state index contributed by atoms with van der Waals surface area (Å²) in [5.74, 6) is -0.796. The number of hydrogen-bond acceptors (Lipinski definition) is 4. The minimum atomic E-state index is -3.64. The topological polar surface area (TPSA) is 96.4 Å². The van der Waals surface area contributed by atoms with Crippen LogP contribution in [0.2, 0.25) is 0 Å². The molecule has 0 bridgehead atoms. The number of aromatic nitrogens is 1. The predicted molar refractivity (Wildman–Crippen MR) is 118 cm³/mol. The van der Waals surface area contributed by atoms with Crippen molar-refractivity contribution in [3.8, 4) is 0 Å². The molecular weight excluding hydrogens is 400 g/mol. The lowest BCUT2D eigenvalue weighted by atomic mass is 10.0. The van der Waals surface area contributed by atoms with Crippen molar-refractivity contribution in [2.75, 3.05) is 6.54 Å². The molecule has 0 aliphatic rings. The van der Waals surface area contributed by atoms with Crippen molar-refractivity contribution in [2.45, 2.75) is 69.6 Å². The number of carbonyl (C=O) groups is 1. The van der Waals surface area contributed by atoms with Crippen LogP contribution in [-0.2, 0) is 27.7 Å². The van der Waals surface area contributed by atoms with Crippen molar-refractivity contribution < 1.29 is 18.3 Å². The first kappa shape index (κ1) is 24.0. The molecule has 0 aliphatic carbocycles. The minimum Gasteiger partial charge on any atom is -0.481 e. The van der Waals surface area contributed by atoms with Crippen LogP contribution in [0.25, 0.3) is 0 Å². The van der Waals surface area contributed by atoms with Gasteiger partial charge in [0.15, 0.2) is 0 Å². The number of sulfonamides is 1. The van der Waals surface area contributed by atoms with Crippen LogP contribution in [0.1, 0.15) is 68.7 Å². The lowest BCUT2D eigenvalue weighted by molar-refractivity contribution is -0.137. The van der Waals surface area contributed by atoms with E-state index in [0.717, 1.165) is 37.7 Å². The Labute approximate surface area is 179 Å². The quantitative estimate of drug-likeness (QED) is 0.433. The van der Waals surface area contributed by atoms with Crippen LogP contribution in [0.3, 0.4) is 0 Å². The van der Waals surface area contributed by atoms with Gasteiger partial charge in [-0.3, -0.25) is 9.78 Å². The van der Waals surface area contributed by atoms with Gasteiger partial charge >= 0.3 is 5.97 Å². The number of aryl methyl sites for hydroxylation is 1. The van der Waals surface area contributed by atoms with Crippen LogP contribution in [0.15, 0.2) is 47.5 Å². The Morgan fingerprint density at radius 3 is 2.40 bits per heavy atom. The molecule has 6 nitrogen and oxygen atoms in total. The number of unbranched alkanes of at least 4 members (excludes halogenated alkanes) is 4. The summed E-state index contributed by atoms with van der Waals surface area (Å²) in [7, 11) is -3.64. The molecule has 1 heterocycles. The second-order valence-corrected chi connectivity index (χ2v) is 9.24. The summed E-state index contributed by atoms with van der Waals surface area (Å²) < 4.78 is 28.2. The van der Waals surface area contributed by atoms with Gasteiger partial charge in [-0.15, -0.1) is 0 Å². The summed E-state index contributed by atoms with van der Waals surface area (Å²) in [6.45, 7) is 2.50. The van der Waals surface area contributed by atoms with Crippen molar-refractivity contribution in [3.63, 3.8) is 0 Å². The summed E-state index contributed by atoms with van der Waals surface area (Å²) in [6.07, 6.45) is 8.47. The summed E-state index contributed by atoms with van der Waals surface area (Å²) in [4.78, 5) is 15.0. The fourth-order valence-corrected chi connectivity index (χ4v) is 4.50. The number of carboxylic acids is 1. The van der Waals surface area contributed by atoms with Gasteiger partial charge in [-0.25, -0.2) is 13.1 Å². The average molecular weight is 433 g/mol. The largest absolute Gasteiger partial charge is 0.481 e. The summed E-state index contributed by atoms with van der Waals surface area (Å²) in [5.41, 5.74) is 2.86. The number of pyridine rings is 1. The lowest BCUT2D eigenvalue weighted by Gasteiger charge is -2.11.